The van der Waals surface area contributed by atoms with E-state index in [0.29, 0.717) is 17.4 Å². The molecule has 2 N–H and O–H groups in total. The van der Waals surface area contributed by atoms with Gasteiger partial charge in [0.1, 0.15) is 0 Å². The summed E-state index contributed by atoms with van der Waals surface area (Å²) < 4.78 is 0. The Morgan fingerprint density at radius 2 is 2.10 bits per heavy atom. The van der Waals surface area contributed by atoms with Crippen LogP contribution in [0, 0.1) is 17.3 Å². The van der Waals surface area contributed by atoms with Crippen molar-refractivity contribution in [2.24, 2.45) is 17.3 Å². The molecule has 4 unspecified atom stereocenters. The van der Waals surface area contributed by atoms with Crippen molar-refractivity contribution < 1.29 is 5.11 Å². The van der Waals surface area contributed by atoms with E-state index >= 15 is 0 Å². The molecule has 1 heterocycles. The maximum Gasteiger partial charge on any atom is 0.0552 e. The summed E-state index contributed by atoms with van der Waals surface area (Å²) in [5, 5.41) is 13.5. The van der Waals surface area contributed by atoms with Crippen molar-refractivity contribution in [3.63, 3.8) is 0 Å². The fourth-order valence-electron chi connectivity index (χ4n) is 4.21. The molecule has 3 nitrogen and oxygen atoms in total. The second-order valence-electron chi connectivity index (χ2n) is 7.77. The zero-order valence-corrected chi connectivity index (χ0v) is 13.9. The van der Waals surface area contributed by atoms with E-state index in [4.69, 9.17) is 0 Å². The first-order valence-corrected chi connectivity index (χ1v) is 8.58. The van der Waals surface area contributed by atoms with Crippen LogP contribution in [0.25, 0.3) is 0 Å². The lowest BCUT2D eigenvalue weighted by atomic mass is 9.84. The summed E-state index contributed by atoms with van der Waals surface area (Å²) in [6, 6.07) is 0.660. The van der Waals surface area contributed by atoms with Crippen LogP contribution in [0.5, 0.6) is 0 Å². The molecule has 1 aliphatic heterocycles. The Hall–Kier alpha value is -0.120. The fourth-order valence-corrected chi connectivity index (χ4v) is 4.21. The van der Waals surface area contributed by atoms with E-state index in [-0.39, 0.29) is 6.10 Å². The summed E-state index contributed by atoms with van der Waals surface area (Å²) in [6.07, 6.45) is 4.93. The van der Waals surface area contributed by atoms with Gasteiger partial charge in [0.05, 0.1) is 6.10 Å². The summed E-state index contributed by atoms with van der Waals surface area (Å²) in [4.78, 5) is 2.59. The van der Waals surface area contributed by atoms with Crippen LogP contribution in [0.15, 0.2) is 0 Å². The van der Waals surface area contributed by atoms with Gasteiger partial charge < -0.3 is 15.3 Å². The smallest absolute Gasteiger partial charge is 0.0552 e. The van der Waals surface area contributed by atoms with Crippen LogP contribution in [0.1, 0.15) is 53.4 Å². The molecule has 0 aromatic heterocycles. The lowest BCUT2D eigenvalue weighted by Crippen LogP contribution is -2.45. The van der Waals surface area contributed by atoms with Gasteiger partial charge in [0.2, 0.25) is 0 Å². The van der Waals surface area contributed by atoms with E-state index in [1.807, 2.05) is 6.92 Å². The first-order valence-electron chi connectivity index (χ1n) is 8.58. The molecular formula is C17H34N2O. The standard InChI is InChI=1S/C17H34N2O/c1-5-9-18-16-15(6-8-17(16,3)4)12-19-10-7-14(11-19)13(2)20/h13-16,18,20H,5-12H2,1-4H3. The Bertz CT molecular complexity index is 303. The lowest BCUT2D eigenvalue weighted by molar-refractivity contribution is 0.123. The third-order valence-corrected chi connectivity index (χ3v) is 5.57. The minimum atomic E-state index is -0.144. The van der Waals surface area contributed by atoms with Crippen molar-refractivity contribution in [2.45, 2.75) is 65.5 Å². The second-order valence-corrected chi connectivity index (χ2v) is 7.77. The summed E-state index contributed by atoms with van der Waals surface area (Å²) in [7, 11) is 0. The number of rotatable bonds is 6. The Kier molecular flexibility index (Phi) is 5.49. The molecule has 0 radical (unpaired) electrons. The largest absolute Gasteiger partial charge is 0.393 e. The monoisotopic (exact) mass is 282 g/mol. The normalized spacial score (nSPS) is 35.5. The average Bonchev–Trinajstić information content (AvgIpc) is 2.94. The molecule has 1 saturated carbocycles. The number of likely N-dealkylation sites (tertiary alicyclic amines) is 1. The lowest BCUT2D eigenvalue weighted by Gasteiger charge is -2.33. The maximum absolute atomic E-state index is 9.74. The molecule has 2 aliphatic rings. The topological polar surface area (TPSA) is 35.5 Å². The second kappa shape index (κ2) is 6.76. The Morgan fingerprint density at radius 3 is 2.70 bits per heavy atom. The van der Waals surface area contributed by atoms with E-state index in [0.717, 1.165) is 19.0 Å². The van der Waals surface area contributed by atoms with Gasteiger partial charge in [-0.05, 0) is 62.9 Å². The van der Waals surface area contributed by atoms with Crippen LogP contribution in [0.2, 0.25) is 0 Å². The quantitative estimate of drug-likeness (QED) is 0.786. The molecule has 0 spiro atoms. The van der Waals surface area contributed by atoms with Gasteiger partial charge in [0, 0.05) is 19.1 Å². The van der Waals surface area contributed by atoms with Gasteiger partial charge in [0.25, 0.3) is 0 Å². The highest BCUT2D eigenvalue weighted by Crippen LogP contribution is 2.42. The van der Waals surface area contributed by atoms with Gasteiger partial charge in [-0.3, -0.25) is 0 Å². The maximum atomic E-state index is 9.74. The Labute approximate surface area is 125 Å². The van der Waals surface area contributed by atoms with E-state index in [2.05, 4.69) is 31.0 Å². The number of hydrogen-bond donors (Lipinski definition) is 2. The Morgan fingerprint density at radius 1 is 1.35 bits per heavy atom. The van der Waals surface area contributed by atoms with Crippen LogP contribution < -0.4 is 5.32 Å². The highest BCUT2D eigenvalue weighted by molar-refractivity contribution is 4.97. The first kappa shape index (κ1) is 16.3. The number of aliphatic hydroxyl groups excluding tert-OH is 1. The zero-order chi connectivity index (χ0) is 14.8. The number of nitrogens with zero attached hydrogens (tertiary/aromatic N) is 1. The van der Waals surface area contributed by atoms with E-state index < -0.39 is 0 Å². The molecule has 0 bridgehead atoms. The number of nitrogens with one attached hydrogen (secondary N) is 1. The molecule has 1 aliphatic carbocycles. The van der Waals surface area contributed by atoms with Crippen LogP contribution in [-0.2, 0) is 0 Å². The molecule has 2 fully saturated rings. The number of hydrogen-bond acceptors (Lipinski definition) is 3. The predicted octanol–water partition coefficient (Wildman–Crippen LogP) is 2.49. The first-order chi connectivity index (χ1) is 9.44. The van der Waals surface area contributed by atoms with Gasteiger partial charge in [-0.1, -0.05) is 20.8 Å². The summed E-state index contributed by atoms with van der Waals surface area (Å²) >= 11 is 0. The third kappa shape index (κ3) is 3.75. The van der Waals surface area contributed by atoms with E-state index in [1.54, 1.807) is 0 Å². The van der Waals surface area contributed by atoms with Crippen LogP contribution in [-0.4, -0.2) is 48.3 Å². The zero-order valence-electron chi connectivity index (χ0n) is 13.9. The minimum Gasteiger partial charge on any atom is -0.393 e. The highest BCUT2D eigenvalue weighted by atomic mass is 16.3. The van der Waals surface area contributed by atoms with Crippen LogP contribution in [0.3, 0.4) is 0 Å². The molecule has 0 amide bonds. The molecule has 0 aromatic carbocycles. The van der Waals surface area contributed by atoms with Crippen molar-refractivity contribution in [2.75, 3.05) is 26.2 Å². The van der Waals surface area contributed by atoms with E-state index in [1.165, 1.54) is 38.8 Å². The van der Waals surface area contributed by atoms with Crippen molar-refractivity contribution in [3.8, 4) is 0 Å². The van der Waals surface area contributed by atoms with Crippen molar-refractivity contribution in [1.82, 2.24) is 10.2 Å². The molecular weight excluding hydrogens is 248 g/mol. The molecule has 4 atom stereocenters. The van der Waals surface area contributed by atoms with Crippen molar-refractivity contribution in [1.29, 1.82) is 0 Å². The van der Waals surface area contributed by atoms with Crippen molar-refractivity contribution >= 4 is 0 Å². The average molecular weight is 282 g/mol. The van der Waals surface area contributed by atoms with Crippen LogP contribution >= 0.6 is 0 Å². The predicted molar refractivity (Wildman–Crippen MR) is 84.8 cm³/mol. The molecule has 118 valence electrons. The van der Waals surface area contributed by atoms with Gasteiger partial charge >= 0.3 is 0 Å². The summed E-state index contributed by atoms with van der Waals surface area (Å²) in [5.74, 6) is 1.27. The summed E-state index contributed by atoms with van der Waals surface area (Å²) in [6.45, 7) is 13.7. The van der Waals surface area contributed by atoms with Gasteiger partial charge in [-0.2, -0.15) is 0 Å². The SMILES string of the molecule is CCCNC1C(CN2CCC(C(C)O)C2)CCC1(C)C. The van der Waals surface area contributed by atoms with Crippen molar-refractivity contribution in [3.05, 3.63) is 0 Å². The van der Waals surface area contributed by atoms with Crippen LogP contribution in [0.4, 0.5) is 0 Å². The van der Waals surface area contributed by atoms with Gasteiger partial charge in [0.15, 0.2) is 0 Å². The fraction of sp³-hybridized carbons (Fsp3) is 1.00. The minimum absolute atomic E-state index is 0.144. The molecule has 20 heavy (non-hydrogen) atoms. The van der Waals surface area contributed by atoms with E-state index in [9.17, 15) is 5.11 Å². The van der Waals surface area contributed by atoms with Gasteiger partial charge in [-0.15, -0.1) is 0 Å². The van der Waals surface area contributed by atoms with Gasteiger partial charge in [-0.25, -0.2) is 0 Å². The molecule has 1 saturated heterocycles. The summed E-state index contributed by atoms with van der Waals surface area (Å²) in [5.41, 5.74) is 0.434. The number of aliphatic hydroxyl groups is 1. The Balaban J connectivity index is 1.88. The third-order valence-electron chi connectivity index (χ3n) is 5.57. The molecule has 3 heteroatoms. The highest BCUT2D eigenvalue weighted by Gasteiger charge is 2.42. The molecule has 2 rings (SSSR count). The molecule has 0 aromatic rings.